The quantitative estimate of drug-likeness (QED) is 0.677. The second-order valence-corrected chi connectivity index (χ2v) is 4.91. The first-order valence-corrected chi connectivity index (χ1v) is 6.78. The average molecular weight is 300 g/mol. The van der Waals surface area contributed by atoms with E-state index >= 15 is 0 Å². The highest BCUT2D eigenvalue weighted by atomic mass is 16.5. The van der Waals surface area contributed by atoms with Gasteiger partial charge in [0.05, 0.1) is 17.2 Å². The van der Waals surface area contributed by atoms with E-state index in [-0.39, 0.29) is 17.4 Å². The summed E-state index contributed by atoms with van der Waals surface area (Å²) >= 11 is 0. The third kappa shape index (κ3) is 4.09. The largest absolute Gasteiger partial charge is 0.491 e. The molecule has 0 radical (unpaired) electrons. The molecule has 0 aliphatic carbocycles. The first-order valence-electron chi connectivity index (χ1n) is 6.78. The van der Waals surface area contributed by atoms with Crippen molar-refractivity contribution in [3.05, 3.63) is 59.7 Å². The molecule has 114 valence electrons. The fraction of sp³-hybridized carbons (Fsp3) is 0.176. The van der Waals surface area contributed by atoms with Crippen molar-refractivity contribution < 1.29 is 24.2 Å². The molecular weight excluding hydrogens is 284 g/mol. The van der Waals surface area contributed by atoms with Crippen LogP contribution in [0.25, 0.3) is 0 Å². The topological polar surface area (TPSA) is 72.8 Å². The van der Waals surface area contributed by atoms with Crippen molar-refractivity contribution in [2.24, 2.45) is 0 Å². The van der Waals surface area contributed by atoms with E-state index in [4.69, 9.17) is 14.6 Å². The Morgan fingerprint density at radius 2 is 1.36 bits per heavy atom. The molecule has 0 aliphatic rings. The molecule has 0 heterocycles. The SMILES string of the molecule is CC(C)Oc1ccc(C(=O)Oc2ccc(C(=O)O)cc2)cc1. The lowest BCUT2D eigenvalue weighted by atomic mass is 10.2. The molecule has 0 aliphatic heterocycles. The number of esters is 1. The zero-order chi connectivity index (χ0) is 16.1. The molecule has 0 aromatic heterocycles. The van der Waals surface area contributed by atoms with Crippen LogP contribution in [0.3, 0.4) is 0 Å². The van der Waals surface area contributed by atoms with Gasteiger partial charge >= 0.3 is 11.9 Å². The summed E-state index contributed by atoms with van der Waals surface area (Å²) in [6, 6.07) is 12.3. The van der Waals surface area contributed by atoms with E-state index in [0.29, 0.717) is 11.3 Å². The minimum absolute atomic E-state index is 0.0607. The lowest BCUT2D eigenvalue weighted by Crippen LogP contribution is -2.09. The minimum Gasteiger partial charge on any atom is -0.491 e. The monoisotopic (exact) mass is 300 g/mol. The van der Waals surface area contributed by atoms with Crippen molar-refractivity contribution in [1.82, 2.24) is 0 Å². The number of ether oxygens (including phenoxy) is 2. The summed E-state index contributed by atoms with van der Waals surface area (Å²) in [5.74, 6) is -0.576. The van der Waals surface area contributed by atoms with E-state index < -0.39 is 11.9 Å². The van der Waals surface area contributed by atoms with E-state index in [2.05, 4.69) is 0 Å². The Kier molecular flexibility index (Phi) is 4.78. The third-order valence-electron chi connectivity index (χ3n) is 2.77. The highest BCUT2D eigenvalue weighted by Crippen LogP contribution is 2.17. The first-order chi connectivity index (χ1) is 10.5. The Labute approximate surface area is 128 Å². The molecule has 0 amide bonds. The van der Waals surface area contributed by atoms with Crippen LogP contribution < -0.4 is 9.47 Å². The van der Waals surface area contributed by atoms with Crippen molar-refractivity contribution in [3.8, 4) is 11.5 Å². The van der Waals surface area contributed by atoms with Crippen LogP contribution in [0.15, 0.2) is 48.5 Å². The zero-order valence-corrected chi connectivity index (χ0v) is 12.3. The zero-order valence-electron chi connectivity index (χ0n) is 12.3. The van der Waals surface area contributed by atoms with Crippen LogP contribution in [0, 0.1) is 0 Å². The summed E-state index contributed by atoms with van der Waals surface area (Å²) < 4.78 is 10.7. The molecule has 0 bridgehead atoms. The van der Waals surface area contributed by atoms with Gasteiger partial charge in [-0.05, 0) is 62.4 Å². The standard InChI is InChI=1S/C17H16O5/c1-11(2)21-14-9-5-13(6-10-14)17(20)22-15-7-3-12(4-8-15)16(18)19/h3-11H,1-2H3,(H,18,19). The molecule has 0 spiro atoms. The number of carbonyl (C=O) groups is 2. The Morgan fingerprint density at radius 1 is 0.864 bits per heavy atom. The summed E-state index contributed by atoms with van der Waals surface area (Å²) in [7, 11) is 0. The van der Waals surface area contributed by atoms with Gasteiger partial charge < -0.3 is 14.6 Å². The molecule has 0 saturated carbocycles. The Hall–Kier alpha value is -2.82. The van der Waals surface area contributed by atoms with Crippen LogP contribution in [0.5, 0.6) is 11.5 Å². The second kappa shape index (κ2) is 6.76. The van der Waals surface area contributed by atoms with Crippen molar-refractivity contribution in [3.63, 3.8) is 0 Å². The molecule has 0 unspecified atom stereocenters. The van der Waals surface area contributed by atoms with E-state index in [1.54, 1.807) is 24.3 Å². The summed E-state index contributed by atoms with van der Waals surface area (Å²) in [6.07, 6.45) is 0.0607. The maximum atomic E-state index is 12.0. The lowest BCUT2D eigenvalue weighted by Gasteiger charge is -2.10. The third-order valence-corrected chi connectivity index (χ3v) is 2.77. The maximum absolute atomic E-state index is 12.0. The molecule has 5 heteroatoms. The van der Waals surface area contributed by atoms with Gasteiger partial charge in [0, 0.05) is 0 Å². The average Bonchev–Trinajstić information content (AvgIpc) is 2.48. The molecule has 0 atom stereocenters. The van der Waals surface area contributed by atoms with Crippen molar-refractivity contribution in [2.75, 3.05) is 0 Å². The Bertz CT molecular complexity index is 656. The molecule has 22 heavy (non-hydrogen) atoms. The van der Waals surface area contributed by atoms with Crippen molar-refractivity contribution in [2.45, 2.75) is 20.0 Å². The summed E-state index contributed by atoms with van der Waals surface area (Å²) in [4.78, 5) is 22.7. The van der Waals surface area contributed by atoms with Gasteiger partial charge in [0.1, 0.15) is 11.5 Å². The van der Waals surface area contributed by atoms with Crippen LogP contribution >= 0.6 is 0 Å². The number of benzene rings is 2. The van der Waals surface area contributed by atoms with E-state index in [1.807, 2.05) is 13.8 Å². The highest BCUT2D eigenvalue weighted by molar-refractivity contribution is 5.91. The Balaban J connectivity index is 2.03. The van der Waals surface area contributed by atoms with Gasteiger partial charge in [-0.15, -0.1) is 0 Å². The summed E-state index contributed by atoms with van der Waals surface area (Å²) in [5, 5.41) is 8.80. The smallest absolute Gasteiger partial charge is 0.343 e. The van der Waals surface area contributed by atoms with E-state index in [0.717, 1.165) is 0 Å². The lowest BCUT2D eigenvalue weighted by molar-refractivity contribution is 0.0696. The van der Waals surface area contributed by atoms with Gasteiger partial charge in [0.15, 0.2) is 0 Å². The molecule has 1 N–H and O–H groups in total. The predicted molar refractivity (Wildman–Crippen MR) is 80.6 cm³/mol. The summed E-state index contributed by atoms with van der Waals surface area (Å²) in [5.41, 5.74) is 0.522. The van der Waals surface area contributed by atoms with Gasteiger partial charge in [-0.3, -0.25) is 0 Å². The number of carbonyl (C=O) groups excluding carboxylic acids is 1. The first kappa shape index (κ1) is 15.6. The molecule has 2 aromatic carbocycles. The normalized spacial score (nSPS) is 10.3. The summed E-state index contributed by atoms with van der Waals surface area (Å²) in [6.45, 7) is 3.84. The van der Waals surface area contributed by atoms with E-state index in [1.165, 1.54) is 24.3 Å². The minimum atomic E-state index is -1.03. The van der Waals surface area contributed by atoms with E-state index in [9.17, 15) is 9.59 Å². The molecule has 5 nitrogen and oxygen atoms in total. The molecule has 2 rings (SSSR count). The van der Waals surface area contributed by atoms with Gasteiger partial charge in [0.25, 0.3) is 0 Å². The highest BCUT2D eigenvalue weighted by Gasteiger charge is 2.10. The number of rotatable bonds is 5. The number of hydrogen-bond donors (Lipinski definition) is 1. The fourth-order valence-corrected chi connectivity index (χ4v) is 1.77. The molecule has 2 aromatic rings. The van der Waals surface area contributed by atoms with Crippen LogP contribution in [0.1, 0.15) is 34.6 Å². The van der Waals surface area contributed by atoms with Gasteiger partial charge in [-0.1, -0.05) is 0 Å². The predicted octanol–water partition coefficient (Wildman–Crippen LogP) is 3.39. The maximum Gasteiger partial charge on any atom is 0.343 e. The molecule has 0 saturated heterocycles. The Morgan fingerprint density at radius 3 is 1.86 bits per heavy atom. The fourth-order valence-electron chi connectivity index (χ4n) is 1.77. The number of carboxylic acid groups (broad SMARTS) is 1. The second-order valence-electron chi connectivity index (χ2n) is 4.91. The van der Waals surface area contributed by atoms with Gasteiger partial charge in [-0.2, -0.15) is 0 Å². The van der Waals surface area contributed by atoms with Crippen molar-refractivity contribution >= 4 is 11.9 Å². The van der Waals surface area contributed by atoms with Crippen LogP contribution in [-0.4, -0.2) is 23.1 Å². The van der Waals surface area contributed by atoms with Gasteiger partial charge in [0.2, 0.25) is 0 Å². The van der Waals surface area contributed by atoms with Crippen molar-refractivity contribution in [1.29, 1.82) is 0 Å². The van der Waals surface area contributed by atoms with Gasteiger partial charge in [-0.25, -0.2) is 9.59 Å². The number of carboxylic acids is 1. The molecule has 0 fully saturated rings. The van der Waals surface area contributed by atoms with Crippen LogP contribution in [-0.2, 0) is 0 Å². The number of hydrogen-bond acceptors (Lipinski definition) is 4. The van der Waals surface area contributed by atoms with Crippen LogP contribution in [0.2, 0.25) is 0 Å². The molecular formula is C17H16O5. The number of aromatic carboxylic acids is 1. The van der Waals surface area contributed by atoms with Crippen LogP contribution in [0.4, 0.5) is 0 Å².